The summed E-state index contributed by atoms with van der Waals surface area (Å²) in [6, 6.07) is 0. The molecule has 24 heavy (non-hydrogen) atoms. The van der Waals surface area contributed by atoms with Crippen molar-refractivity contribution in [2.75, 3.05) is 13.1 Å². The molecular formula is C16H21N5O3. The molecule has 1 saturated heterocycles. The Morgan fingerprint density at radius 3 is 2.54 bits per heavy atom. The third kappa shape index (κ3) is 2.92. The number of rotatable bonds is 4. The summed E-state index contributed by atoms with van der Waals surface area (Å²) in [7, 11) is 0. The van der Waals surface area contributed by atoms with Crippen LogP contribution in [0, 0.1) is 6.92 Å². The first-order valence-electron chi connectivity index (χ1n) is 8.60. The zero-order valence-electron chi connectivity index (χ0n) is 13.8. The van der Waals surface area contributed by atoms with Gasteiger partial charge in [0.2, 0.25) is 11.8 Å². The minimum Gasteiger partial charge on any atom is -0.342 e. The Bertz CT molecular complexity index is 713. The Balaban J connectivity index is 1.32. The van der Waals surface area contributed by atoms with E-state index in [0.29, 0.717) is 30.4 Å². The fraction of sp³-hybridized carbons (Fsp3) is 0.688. The number of carbonyl (C=O) groups excluding carboxylic acids is 1. The van der Waals surface area contributed by atoms with E-state index < -0.39 is 0 Å². The molecule has 0 spiro atoms. The van der Waals surface area contributed by atoms with Crippen LogP contribution in [0.25, 0.3) is 0 Å². The standard InChI is InChI=1S/C16H21N5O3/c1-10-13(19-24-18-10)9-14(22)21-7-5-12(6-8-21)16-17-15(20-23-16)11-3-2-4-11/h11-12H,2-9H2,1H3. The van der Waals surface area contributed by atoms with Gasteiger partial charge in [-0.25, -0.2) is 4.63 Å². The fourth-order valence-electron chi connectivity index (χ4n) is 3.29. The molecule has 4 rings (SSSR count). The summed E-state index contributed by atoms with van der Waals surface area (Å²) in [4.78, 5) is 18.8. The number of likely N-dealkylation sites (tertiary alicyclic amines) is 1. The third-order valence-corrected chi connectivity index (χ3v) is 5.19. The summed E-state index contributed by atoms with van der Waals surface area (Å²) in [6.07, 6.45) is 5.55. The molecular weight excluding hydrogens is 310 g/mol. The van der Waals surface area contributed by atoms with Crippen LogP contribution in [-0.2, 0) is 11.2 Å². The minimum atomic E-state index is 0.0629. The first-order valence-corrected chi connectivity index (χ1v) is 8.60. The Morgan fingerprint density at radius 2 is 1.92 bits per heavy atom. The second-order valence-electron chi connectivity index (χ2n) is 6.75. The monoisotopic (exact) mass is 331 g/mol. The van der Waals surface area contributed by atoms with Gasteiger partial charge in [0.05, 0.1) is 6.42 Å². The normalized spacial score (nSPS) is 19.5. The van der Waals surface area contributed by atoms with E-state index in [4.69, 9.17) is 4.52 Å². The van der Waals surface area contributed by atoms with Crippen LogP contribution in [0.3, 0.4) is 0 Å². The van der Waals surface area contributed by atoms with Crippen molar-refractivity contribution in [3.63, 3.8) is 0 Å². The van der Waals surface area contributed by atoms with E-state index in [-0.39, 0.29) is 18.2 Å². The Morgan fingerprint density at radius 1 is 1.12 bits per heavy atom. The number of aromatic nitrogens is 4. The number of hydrogen-bond donors (Lipinski definition) is 0. The van der Waals surface area contributed by atoms with E-state index in [0.717, 1.165) is 24.6 Å². The lowest BCUT2D eigenvalue weighted by Crippen LogP contribution is -2.39. The number of amides is 1. The Hall–Kier alpha value is -2.25. The van der Waals surface area contributed by atoms with Gasteiger partial charge in [-0.15, -0.1) is 0 Å². The van der Waals surface area contributed by atoms with Crippen molar-refractivity contribution >= 4 is 5.91 Å². The summed E-state index contributed by atoms with van der Waals surface area (Å²) in [5.74, 6) is 2.41. The average Bonchev–Trinajstić information content (AvgIpc) is 3.16. The van der Waals surface area contributed by atoms with Crippen LogP contribution in [0.5, 0.6) is 0 Å². The maximum absolute atomic E-state index is 12.4. The van der Waals surface area contributed by atoms with E-state index >= 15 is 0 Å². The van der Waals surface area contributed by atoms with Crippen molar-refractivity contribution < 1.29 is 13.9 Å². The predicted octanol–water partition coefficient (Wildman–Crippen LogP) is 1.98. The second-order valence-corrected chi connectivity index (χ2v) is 6.75. The molecule has 2 aromatic heterocycles. The molecule has 2 fully saturated rings. The van der Waals surface area contributed by atoms with Crippen LogP contribution >= 0.6 is 0 Å². The van der Waals surface area contributed by atoms with Gasteiger partial charge in [0.25, 0.3) is 0 Å². The average molecular weight is 331 g/mol. The summed E-state index contributed by atoms with van der Waals surface area (Å²) in [5.41, 5.74) is 1.29. The number of carbonyl (C=O) groups is 1. The number of piperidine rings is 1. The van der Waals surface area contributed by atoms with Crippen LogP contribution < -0.4 is 0 Å². The van der Waals surface area contributed by atoms with E-state index in [9.17, 15) is 4.79 Å². The Labute approximate surface area is 139 Å². The largest absolute Gasteiger partial charge is 0.342 e. The molecule has 2 aliphatic rings. The zero-order chi connectivity index (χ0) is 16.5. The molecule has 1 aliphatic carbocycles. The van der Waals surface area contributed by atoms with Gasteiger partial charge in [0, 0.05) is 24.9 Å². The molecule has 0 atom stereocenters. The lowest BCUT2D eigenvalue weighted by molar-refractivity contribution is -0.131. The number of nitrogens with zero attached hydrogens (tertiary/aromatic N) is 5. The molecule has 2 aromatic rings. The molecule has 128 valence electrons. The van der Waals surface area contributed by atoms with Crippen molar-refractivity contribution in [3.05, 3.63) is 23.1 Å². The molecule has 0 radical (unpaired) electrons. The van der Waals surface area contributed by atoms with E-state index in [1.807, 2.05) is 4.90 Å². The highest BCUT2D eigenvalue weighted by atomic mass is 16.6. The van der Waals surface area contributed by atoms with Crippen LogP contribution in [0.15, 0.2) is 9.15 Å². The van der Waals surface area contributed by atoms with Gasteiger partial charge >= 0.3 is 0 Å². The van der Waals surface area contributed by atoms with Crippen molar-refractivity contribution in [2.45, 2.75) is 57.3 Å². The lowest BCUT2D eigenvalue weighted by atomic mass is 9.85. The highest BCUT2D eigenvalue weighted by molar-refractivity contribution is 5.78. The zero-order valence-corrected chi connectivity index (χ0v) is 13.8. The summed E-state index contributed by atoms with van der Waals surface area (Å²) < 4.78 is 10.1. The van der Waals surface area contributed by atoms with Crippen molar-refractivity contribution in [3.8, 4) is 0 Å². The van der Waals surface area contributed by atoms with Crippen LogP contribution in [0.2, 0.25) is 0 Å². The van der Waals surface area contributed by atoms with Crippen LogP contribution in [0.4, 0.5) is 0 Å². The second kappa shape index (κ2) is 6.33. The Kier molecular flexibility index (Phi) is 4.03. The molecule has 1 aliphatic heterocycles. The van der Waals surface area contributed by atoms with E-state index in [1.165, 1.54) is 19.3 Å². The quantitative estimate of drug-likeness (QED) is 0.844. The molecule has 1 saturated carbocycles. The maximum atomic E-state index is 12.4. The molecule has 8 nitrogen and oxygen atoms in total. The van der Waals surface area contributed by atoms with Gasteiger partial charge in [-0.3, -0.25) is 4.79 Å². The van der Waals surface area contributed by atoms with Gasteiger partial charge in [0.1, 0.15) is 11.4 Å². The van der Waals surface area contributed by atoms with E-state index in [1.54, 1.807) is 6.92 Å². The highest BCUT2D eigenvalue weighted by Crippen LogP contribution is 2.36. The first kappa shape index (κ1) is 15.3. The summed E-state index contributed by atoms with van der Waals surface area (Å²) in [5, 5.41) is 11.6. The smallest absolute Gasteiger partial charge is 0.229 e. The molecule has 0 N–H and O–H groups in total. The number of aryl methyl sites for hydroxylation is 1. The molecule has 0 aromatic carbocycles. The van der Waals surface area contributed by atoms with Crippen LogP contribution in [0.1, 0.15) is 67.0 Å². The molecule has 0 unspecified atom stereocenters. The van der Waals surface area contributed by atoms with Crippen molar-refractivity contribution in [2.24, 2.45) is 0 Å². The van der Waals surface area contributed by atoms with Gasteiger partial charge in [0.15, 0.2) is 5.82 Å². The first-order chi connectivity index (χ1) is 11.7. The highest BCUT2D eigenvalue weighted by Gasteiger charge is 2.30. The molecule has 0 bridgehead atoms. The minimum absolute atomic E-state index is 0.0629. The summed E-state index contributed by atoms with van der Waals surface area (Å²) in [6.45, 7) is 3.20. The lowest BCUT2D eigenvalue weighted by Gasteiger charge is -2.30. The van der Waals surface area contributed by atoms with Gasteiger partial charge < -0.3 is 9.42 Å². The van der Waals surface area contributed by atoms with Crippen molar-refractivity contribution in [1.29, 1.82) is 0 Å². The molecule has 1 amide bonds. The van der Waals surface area contributed by atoms with Crippen molar-refractivity contribution in [1.82, 2.24) is 25.4 Å². The summed E-state index contributed by atoms with van der Waals surface area (Å²) >= 11 is 0. The van der Waals surface area contributed by atoms with Crippen LogP contribution in [-0.4, -0.2) is 44.4 Å². The van der Waals surface area contributed by atoms with Gasteiger partial charge in [-0.05, 0) is 32.6 Å². The predicted molar refractivity (Wildman–Crippen MR) is 82.2 cm³/mol. The topological polar surface area (TPSA) is 98.2 Å². The van der Waals surface area contributed by atoms with Gasteiger partial charge in [-0.2, -0.15) is 4.98 Å². The number of hydrogen-bond acceptors (Lipinski definition) is 7. The molecule has 8 heteroatoms. The third-order valence-electron chi connectivity index (χ3n) is 5.19. The van der Waals surface area contributed by atoms with E-state index in [2.05, 4.69) is 25.1 Å². The SMILES string of the molecule is Cc1nonc1CC(=O)N1CCC(c2nc(C3CCC3)no2)CC1. The fourth-order valence-corrected chi connectivity index (χ4v) is 3.29. The maximum Gasteiger partial charge on any atom is 0.229 e. The van der Waals surface area contributed by atoms with Gasteiger partial charge in [-0.1, -0.05) is 21.9 Å². The molecule has 3 heterocycles.